The number of aromatic nitrogens is 1. The van der Waals surface area contributed by atoms with Crippen molar-refractivity contribution in [3.8, 4) is 0 Å². The SMILES string of the molecule is Cc1c(N2CCC(CNC(=O)C(F)(F)F)C2)c(F)cc2c(CCCCN)cc(=O)n(C3CC3)c12. The number of hydrogen-bond donors (Lipinski definition) is 2. The van der Waals surface area contributed by atoms with Crippen LogP contribution >= 0.6 is 0 Å². The number of amides is 1. The Morgan fingerprint density at radius 1 is 1.21 bits per heavy atom. The Hall–Kier alpha value is -2.62. The van der Waals surface area contributed by atoms with Crippen LogP contribution < -0.4 is 21.5 Å². The molecule has 1 unspecified atom stereocenters. The number of nitrogens with one attached hydrogen (secondary N) is 1. The average Bonchev–Trinajstić information content (AvgIpc) is 3.50. The minimum absolute atomic E-state index is 0.0902. The number of anilines is 1. The lowest BCUT2D eigenvalue weighted by Crippen LogP contribution is -2.39. The van der Waals surface area contributed by atoms with Crippen LogP contribution in [0, 0.1) is 18.7 Å². The number of rotatable bonds is 8. The zero-order valence-electron chi connectivity index (χ0n) is 19.2. The fraction of sp³-hybridized carbons (Fsp3) is 0.583. The maximum Gasteiger partial charge on any atom is 0.471 e. The molecule has 1 aromatic heterocycles. The first-order valence-electron chi connectivity index (χ1n) is 11.8. The molecule has 0 bridgehead atoms. The van der Waals surface area contributed by atoms with E-state index >= 15 is 4.39 Å². The summed E-state index contributed by atoms with van der Waals surface area (Å²) in [5, 5.41) is 2.66. The molecule has 1 aliphatic carbocycles. The van der Waals surface area contributed by atoms with Gasteiger partial charge in [0.25, 0.3) is 5.56 Å². The molecule has 10 heteroatoms. The van der Waals surface area contributed by atoms with E-state index in [0.717, 1.165) is 42.1 Å². The molecule has 1 amide bonds. The van der Waals surface area contributed by atoms with Gasteiger partial charge in [0, 0.05) is 37.1 Å². The van der Waals surface area contributed by atoms with Crippen molar-refractivity contribution in [3.63, 3.8) is 0 Å². The lowest BCUT2D eigenvalue weighted by Gasteiger charge is -2.25. The standard InChI is InChI=1S/C24H30F4N4O2/c1-14-21-18(16(4-2-3-8-29)10-20(33)32(21)17-5-6-17)11-19(25)22(14)31-9-7-15(13-31)12-30-23(34)24(26,27)28/h10-11,15,17H,2-9,12-13,29H2,1H3,(H,30,34). The Labute approximate surface area is 195 Å². The van der Waals surface area contributed by atoms with Gasteiger partial charge in [0.1, 0.15) is 5.82 Å². The smallest absolute Gasteiger partial charge is 0.369 e. The normalized spacial score (nSPS) is 18.6. The van der Waals surface area contributed by atoms with Crippen LogP contribution in [0.3, 0.4) is 0 Å². The lowest BCUT2D eigenvalue weighted by molar-refractivity contribution is -0.173. The molecular weight excluding hydrogens is 452 g/mol. The third kappa shape index (κ3) is 4.92. The molecule has 4 rings (SSSR count). The van der Waals surface area contributed by atoms with Crippen LogP contribution in [-0.2, 0) is 11.2 Å². The van der Waals surface area contributed by atoms with Gasteiger partial charge in [-0.1, -0.05) is 0 Å². The van der Waals surface area contributed by atoms with E-state index < -0.39 is 17.9 Å². The van der Waals surface area contributed by atoms with Crippen molar-refractivity contribution < 1.29 is 22.4 Å². The van der Waals surface area contributed by atoms with Crippen LogP contribution in [0.25, 0.3) is 10.9 Å². The third-order valence-corrected chi connectivity index (χ3v) is 6.81. The number of fused-ring (bicyclic) bond motifs is 1. The number of carbonyl (C=O) groups is 1. The Bertz CT molecular complexity index is 1140. The summed E-state index contributed by atoms with van der Waals surface area (Å²) in [6.45, 7) is 3.02. The van der Waals surface area contributed by atoms with Crippen molar-refractivity contribution in [3.05, 3.63) is 39.4 Å². The van der Waals surface area contributed by atoms with E-state index in [4.69, 9.17) is 5.73 Å². The summed E-state index contributed by atoms with van der Waals surface area (Å²) < 4.78 is 54.7. The van der Waals surface area contributed by atoms with E-state index in [0.29, 0.717) is 43.7 Å². The number of pyridine rings is 1. The van der Waals surface area contributed by atoms with Gasteiger partial charge in [0.15, 0.2) is 0 Å². The molecule has 0 spiro atoms. The molecular formula is C24H30F4N4O2. The topological polar surface area (TPSA) is 80.4 Å². The number of carbonyl (C=O) groups excluding carboxylic acids is 1. The zero-order valence-corrected chi connectivity index (χ0v) is 19.2. The molecule has 1 aromatic carbocycles. The van der Waals surface area contributed by atoms with Gasteiger partial charge >= 0.3 is 12.1 Å². The summed E-state index contributed by atoms with van der Waals surface area (Å²) in [4.78, 5) is 26.0. The highest BCUT2D eigenvalue weighted by atomic mass is 19.4. The second kappa shape index (κ2) is 9.56. The Balaban J connectivity index is 1.66. The quantitative estimate of drug-likeness (QED) is 0.445. The van der Waals surface area contributed by atoms with Crippen molar-refractivity contribution in [2.75, 3.05) is 31.1 Å². The number of unbranched alkanes of at least 4 members (excludes halogenated alkanes) is 1. The number of nitrogens with zero attached hydrogens (tertiary/aromatic N) is 2. The van der Waals surface area contributed by atoms with Gasteiger partial charge < -0.3 is 20.5 Å². The number of halogens is 4. The first-order chi connectivity index (χ1) is 16.1. The Morgan fingerprint density at radius 2 is 1.94 bits per heavy atom. The summed E-state index contributed by atoms with van der Waals surface area (Å²) in [5.41, 5.74) is 8.11. The summed E-state index contributed by atoms with van der Waals surface area (Å²) in [6.07, 6.45) is -0.337. The number of aryl methyl sites for hydroxylation is 2. The van der Waals surface area contributed by atoms with Crippen molar-refractivity contribution in [2.45, 2.75) is 57.7 Å². The first kappa shape index (κ1) is 24.5. The fourth-order valence-corrected chi connectivity index (χ4v) is 5.01. The van der Waals surface area contributed by atoms with Crippen molar-refractivity contribution in [2.24, 2.45) is 11.7 Å². The average molecular weight is 483 g/mol. The summed E-state index contributed by atoms with van der Waals surface area (Å²) in [7, 11) is 0. The molecule has 6 nitrogen and oxygen atoms in total. The molecule has 1 saturated carbocycles. The summed E-state index contributed by atoms with van der Waals surface area (Å²) in [5.74, 6) is -2.60. The molecule has 186 valence electrons. The molecule has 2 heterocycles. The van der Waals surface area contributed by atoms with Crippen molar-refractivity contribution >= 4 is 22.5 Å². The van der Waals surface area contributed by atoms with Crippen LogP contribution in [0.5, 0.6) is 0 Å². The second-order valence-electron chi connectivity index (χ2n) is 9.39. The third-order valence-electron chi connectivity index (χ3n) is 6.81. The van der Waals surface area contributed by atoms with Crippen LogP contribution in [0.4, 0.5) is 23.2 Å². The largest absolute Gasteiger partial charge is 0.471 e. The van der Waals surface area contributed by atoms with E-state index in [1.54, 1.807) is 10.6 Å². The van der Waals surface area contributed by atoms with E-state index in [1.165, 1.54) is 6.07 Å². The van der Waals surface area contributed by atoms with Crippen molar-refractivity contribution in [1.82, 2.24) is 9.88 Å². The molecule has 1 aliphatic heterocycles. The van der Waals surface area contributed by atoms with Gasteiger partial charge in [-0.3, -0.25) is 9.59 Å². The van der Waals surface area contributed by atoms with Crippen LogP contribution in [-0.4, -0.2) is 42.8 Å². The maximum absolute atomic E-state index is 15.5. The van der Waals surface area contributed by atoms with E-state index in [1.807, 2.05) is 17.1 Å². The molecule has 0 radical (unpaired) electrons. The Kier molecular flexibility index (Phi) is 6.89. The predicted molar refractivity (Wildman–Crippen MR) is 123 cm³/mol. The highest BCUT2D eigenvalue weighted by Gasteiger charge is 2.39. The predicted octanol–water partition coefficient (Wildman–Crippen LogP) is 3.57. The molecule has 3 N–H and O–H groups in total. The van der Waals surface area contributed by atoms with Gasteiger partial charge in [0.2, 0.25) is 0 Å². The first-order valence-corrected chi connectivity index (χ1v) is 11.8. The highest BCUT2D eigenvalue weighted by Crippen LogP contribution is 2.41. The highest BCUT2D eigenvalue weighted by molar-refractivity contribution is 5.90. The molecule has 2 aromatic rings. The van der Waals surface area contributed by atoms with E-state index in [-0.39, 0.29) is 24.1 Å². The van der Waals surface area contributed by atoms with Crippen molar-refractivity contribution in [1.29, 1.82) is 0 Å². The molecule has 1 atom stereocenters. The van der Waals surface area contributed by atoms with E-state index in [2.05, 4.69) is 0 Å². The fourth-order valence-electron chi connectivity index (χ4n) is 5.01. The minimum Gasteiger partial charge on any atom is -0.369 e. The van der Waals surface area contributed by atoms with Gasteiger partial charge in [-0.2, -0.15) is 13.2 Å². The van der Waals surface area contributed by atoms with Crippen LogP contribution in [0.1, 0.15) is 49.3 Å². The van der Waals surface area contributed by atoms with E-state index in [9.17, 15) is 22.8 Å². The van der Waals surface area contributed by atoms with Gasteiger partial charge in [-0.15, -0.1) is 0 Å². The number of nitrogens with two attached hydrogens (primary N) is 1. The Morgan fingerprint density at radius 3 is 2.59 bits per heavy atom. The lowest BCUT2D eigenvalue weighted by atomic mass is 9.98. The van der Waals surface area contributed by atoms with Crippen LogP contribution in [0.2, 0.25) is 0 Å². The number of alkyl halides is 3. The number of benzene rings is 1. The molecule has 2 fully saturated rings. The summed E-state index contributed by atoms with van der Waals surface area (Å²) >= 11 is 0. The minimum atomic E-state index is -4.92. The zero-order chi connectivity index (χ0) is 24.6. The monoisotopic (exact) mass is 482 g/mol. The van der Waals surface area contributed by atoms with Gasteiger partial charge in [-0.25, -0.2) is 4.39 Å². The summed E-state index contributed by atoms with van der Waals surface area (Å²) in [6, 6.07) is 3.21. The van der Waals surface area contributed by atoms with Gasteiger partial charge in [-0.05, 0) is 75.1 Å². The molecule has 2 aliphatic rings. The second-order valence-corrected chi connectivity index (χ2v) is 9.39. The van der Waals surface area contributed by atoms with Gasteiger partial charge in [0.05, 0.1) is 11.2 Å². The number of hydrogen-bond acceptors (Lipinski definition) is 4. The maximum atomic E-state index is 15.5. The molecule has 34 heavy (non-hydrogen) atoms. The molecule has 1 saturated heterocycles. The van der Waals surface area contributed by atoms with Crippen LogP contribution in [0.15, 0.2) is 16.9 Å².